The topological polar surface area (TPSA) is 50.9 Å². The van der Waals surface area contributed by atoms with Crippen LogP contribution in [0.25, 0.3) is 0 Å². The Morgan fingerprint density at radius 3 is 2.47 bits per heavy atom. The summed E-state index contributed by atoms with van der Waals surface area (Å²) in [5, 5.41) is 0. The van der Waals surface area contributed by atoms with E-state index in [0.29, 0.717) is 0 Å². The Kier molecular flexibility index (Phi) is 3.40. The summed E-state index contributed by atoms with van der Waals surface area (Å²) < 4.78 is 24.9. The van der Waals surface area contributed by atoms with Gasteiger partial charge in [0.15, 0.2) is 0 Å². The lowest BCUT2D eigenvalue weighted by Crippen LogP contribution is -2.34. The van der Waals surface area contributed by atoms with Crippen LogP contribution in [-0.2, 0) is 15.7 Å². The Morgan fingerprint density at radius 1 is 1.41 bits per heavy atom. The molecule has 1 heterocycles. The van der Waals surface area contributed by atoms with Gasteiger partial charge < -0.3 is 14.2 Å². The summed E-state index contributed by atoms with van der Waals surface area (Å²) >= 11 is 0. The highest BCUT2D eigenvalue weighted by molar-refractivity contribution is 7.85. The lowest BCUT2D eigenvalue weighted by molar-refractivity contribution is 0.0744. The zero-order chi connectivity index (χ0) is 12.5. The van der Waals surface area contributed by atoms with Crippen LogP contribution in [0, 0.1) is 0 Å². The smallest absolute Gasteiger partial charge is 0.132 e. The van der Waals surface area contributed by atoms with Crippen molar-refractivity contribution in [1.29, 1.82) is 0 Å². The second kappa shape index (κ2) is 4.66. The van der Waals surface area contributed by atoms with E-state index < -0.39 is 11.0 Å². The molecule has 2 unspecified atom stereocenters. The molecule has 0 bridgehead atoms. The molecule has 1 fully saturated rings. The first-order chi connectivity index (χ1) is 7.97. The van der Waals surface area contributed by atoms with Gasteiger partial charge in [0.2, 0.25) is 0 Å². The SMILES string of the molecule is CS(=O)Nc1ccc(OC(C)(C)C2CO2)cc1. The number of hydrogen-bond donors (Lipinski definition) is 1. The summed E-state index contributed by atoms with van der Waals surface area (Å²) in [4.78, 5) is 0. The minimum absolute atomic E-state index is 0.184. The molecule has 1 aromatic carbocycles. The number of hydrogen-bond acceptors (Lipinski definition) is 3. The molecule has 0 saturated carbocycles. The van der Waals surface area contributed by atoms with Crippen molar-refractivity contribution >= 4 is 16.7 Å². The summed E-state index contributed by atoms with van der Waals surface area (Å²) in [5.41, 5.74) is 0.515. The van der Waals surface area contributed by atoms with Gasteiger partial charge in [-0.1, -0.05) is 0 Å². The maximum atomic E-state index is 11.0. The number of ether oxygens (including phenoxy) is 2. The lowest BCUT2D eigenvalue weighted by atomic mass is 10.1. The van der Waals surface area contributed by atoms with Crippen LogP contribution in [0.15, 0.2) is 24.3 Å². The maximum Gasteiger partial charge on any atom is 0.132 e. The van der Waals surface area contributed by atoms with E-state index in [0.717, 1.165) is 18.0 Å². The van der Waals surface area contributed by atoms with Gasteiger partial charge in [-0.15, -0.1) is 0 Å². The molecular formula is C12H17NO3S. The van der Waals surface area contributed by atoms with E-state index in [4.69, 9.17) is 9.47 Å². The van der Waals surface area contributed by atoms with E-state index in [1.54, 1.807) is 6.26 Å². The van der Waals surface area contributed by atoms with Gasteiger partial charge in [-0.05, 0) is 38.1 Å². The van der Waals surface area contributed by atoms with Gasteiger partial charge in [0, 0.05) is 11.9 Å². The van der Waals surface area contributed by atoms with Crippen LogP contribution in [-0.4, -0.2) is 28.8 Å². The van der Waals surface area contributed by atoms with Crippen LogP contribution in [0.5, 0.6) is 5.75 Å². The van der Waals surface area contributed by atoms with Crippen LogP contribution < -0.4 is 9.46 Å². The minimum Gasteiger partial charge on any atom is -0.485 e. The number of anilines is 1. The first kappa shape index (κ1) is 12.4. The highest BCUT2D eigenvalue weighted by atomic mass is 32.2. The molecule has 17 heavy (non-hydrogen) atoms. The molecule has 0 aromatic heterocycles. The van der Waals surface area contributed by atoms with Crippen molar-refractivity contribution in [3.8, 4) is 5.75 Å². The number of epoxide rings is 1. The third-order valence-corrected chi connectivity index (χ3v) is 3.13. The third-order valence-electron chi connectivity index (χ3n) is 2.61. The first-order valence-corrected chi connectivity index (χ1v) is 7.04. The molecule has 0 spiro atoms. The van der Waals surface area contributed by atoms with E-state index in [1.807, 2.05) is 38.1 Å². The van der Waals surface area contributed by atoms with E-state index in [2.05, 4.69) is 4.72 Å². The van der Waals surface area contributed by atoms with E-state index in [9.17, 15) is 4.21 Å². The standard InChI is InChI=1S/C12H17NO3S/c1-12(2,11-8-15-11)16-10-6-4-9(5-7-10)13-17(3)14/h4-7,11,13H,8H2,1-3H3. The van der Waals surface area contributed by atoms with Crippen LogP contribution in [0.2, 0.25) is 0 Å². The van der Waals surface area contributed by atoms with Crippen molar-refractivity contribution in [3.63, 3.8) is 0 Å². The van der Waals surface area contributed by atoms with Gasteiger partial charge in [-0.3, -0.25) is 0 Å². The molecule has 0 amide bonds. The monoisotopic (exact) mass is 255 g/mol. The Bertz CT molecular complexity index is 412. The largest absolute Gasteiger partial charge is 0.485 e. The quantitative estimate of drug-likeness (QED) is 0.818. The van der Waals surface area contributed by atoms with E-state index in [1.165, 1.54) is 0 Å². The average Bonchev–Trinajstić information content (AvgIpc) is 3.03. The number of nitrogens with one attached hydrogen (secondary N) is 1. The van der Waals surface area contributed by atoms with Crippen molar-refractivity contribution in [2.24, 2.45) is 0 Å². The summed E-state index contributed by atoms with van der Waals surface area (Å²) in [6, 6.07) is 7.42. The highest BCUT2D eigenvalue weighted by Gasteiger charge is 2.41. The summed E-state index contributed by atoms with van der Waals surface area (Å²) in [7, 11) is -1.05. The molecule has 0 aliphatic carbocycles. The van der Waals surface area contributed by atoms with Crippen molar-refractivity contribution < 1.29 is 13.7 Å². The predicted octanol–water partition coefficient (Wildman–Crippen LogP) is 1.95. The van der Waals surface area contributed by atoms with Gasteiger partial charge in [-0.2, -0.15) is 0 Å². The molecule has 1 aromatic rings. The van der Waals surface area contributed by atoms with Crippen molar-refractivity contribution in [3.05, 3.63) is 24.3 Å². The molecule has 4 nitrogen and oxygen atoms in total. The molecule has 1 aliphatic heterocycles. The molecular weight excluding hydrogens is 238 g/mol. The summed E-state index contributed by atoms with van der Waals surface area (Å²) in [6.45, 7) is 4.79. The fourth-order valence-corrected chi connectivity index (χ4v) is 2.04. The minimum atomic E-state index is -1.05. The normalized spacial score (nSPS) is 20.8. The molecule has 1 aliphatic rings. The molecule has 94 valence electrons. The molecule has 5 heteroatoms. The fourth-order valence-electron chi connectivity index (χ4n) is 1.58. The van der Waals surface area contributed by atoms with Crippen LogP contribution in [0.1, 0.15) is 13.8 Å². The molecule has 2 rings (SSSR count). The summed E-state index contributed by atoms with van der Waals surface area (Å²) in [5.74, 6) is 0.790. The molecule has 1 saturated heterocycles. The van der Waals surface area contributed by atoms with Crippen molar-refractivity contribution in [1.82, 2.24) is 0 Å². The Labute approximate surface area is 104 Å². The lowest BCUT2D eigenvalue weighted by Gasteiger charge is -2.24. The van der Waals surface area contributed by atoms with Crippen LogP contribution in [0.4, 0.5) is 5.69 Å². The van der Waals surface area contributed by atoms with Crippen LogP contribution in [0.3, 0.4) is 0 Å². The predicted molar refractivity (Wildman–Crippen MR) is 68.6 cm³/mol. The zero-order valence-electron chi connectivity index (χ0n) is 10.2. The number of rotatable bonds is 5. The van der Waals surface area contributed by atoms with Gasteiger partial charge in [0.25, 0.3) is 0 Å². The third kappa shape index (κ3) is 3.44. The zero-order valence-corrected chi connectivity index (χ0v) is 11.0. The van der Waals surface area contributed by atoms with Gasteiger partial charge in [0.05, 0.1) is 6.61 Å². The fraction of sp³-hybridized carbons (Fsp3) is 0.500. The summed E-state index contributed by atoms with van der Waals surface area (Å²) in [6.07, 6.45) is 1.78. The number of benzene rings is 1. The first-order valence-electron chi connectivity index (χ1n) is 5.48. The Morgan fingerprint density at radius 2 is 2.00 bits per heavy atom. The van der Waals surface area contributed by atoms with Crippen LogP contribution >= 0.6 is 0 Å². The Balaban J connectivity index is 2.00. The van der Waals surface area contributed by atoms with Gasteiger partial charge in [-0.25, -0.2) is 4.21 Å². The average molecular weight is 255 g/mol. The van der Waals surface area contributed by atoms with E-state index >= 15 is 0 Å². The van der Waals surface area contributed by atoms with Gasteiger partial charge >= 0.3 is 0 Å². The molecule has 2 atom stereocenters. The highest BCUT2D eigenvalue weighted by Crippen LogP contribution is 2.29. The Hall–Kier alpha value is -1.07. The van der Waals surface area contributed by atoms with Gasteiger partial charge in [0.1, 0.15) is 28.4 Å². The second-order valence-corrected chi connectivity index (χ2v) is 5.72. The second-order valence-electron chi connectivity index (χ2n) is 4.61. The van der Waals surface area contributed by atoms with Crippen molar-refractivity contribution in [2.75, 3.05) is 17.6 Å². The molecule has 0 radical (unpaired) electrons. The van der Waals surface area contributed by atoms with Crippen molar-refractivity contribution in [2.45, 2.75) is 25.6 Å². The van der Waals surface area contributed by atoms with E-state index in [-0.39, 0.29) is 11.7 Å². The maximum absolute atomic E-state index is 11.0. The molecule has 1 N–H and O–H groups in total.